The summed E-state index contributed by atoms with van der Waals surface area (Å²) in [5.41, 5.74) is 2.79. The number of hydrogen-bond donors (Lipinski definition) is 2. The zero-order chi connectivity index (χ0) is 23.6. The normalized spacial score (nSPS) is 20.4. The molecule has 1 aliphatic heterocycles. The molecular formula is C24H28ClN3O4S. The van der Waals surface area contributed by atoms with Gasteiger partial charge in [0.1, 0.15) is 10.9 Å². The summed E-state index contributed by atoms with van der Waals surface area (Å²) in [6.45, 7) is 6.27. The van der Waals surface area contributed by atoms with Gasteiger partial charge in [-0.15, -0.1) is 6.58 Å². The summed E-state index contributed by atoms with van der Waals surface area (Å²) in [5.74, 6) is -0.0365. The Hall–Kier alpha value is -2.58. The lowest BCUT2D eigenvalue weighted by atomic mass is 9.72. The Bertz CT molecular complexity index is 1180. The second-order valence-corrected chi connectivity index (χ2v) is 11.3. The number of rotatable bonds is 6. The largest absolute Gasteiger partial charge is 0.490 e. The van der Waals surface area contributed by atoms with Crippen LogP contribution >= 0.6 is 11.6 Å². The first-order chi connectivity index (χ1) is 15.7. The number of pyridine rings is 1. The van der Waals surface area contributed by atoms with E-state index in [-0.39, 0.29) is 11.0 Å². The molecule has 2 atom stereocenters. The first-order valence-corrected chi connectivity index (χ1v) is 13.0. The maximum Gasteiger partial charge on any atom is 0.264 e. The van der Waals surface area contributed by atoms with Crippen LogP contribution in [0.2, 0.25) is 5.15 Å². The first kappa shape index (κ1) is 23.6. The lowest BCUT2D eigenvalue weighted by molar-refractivity contribution is 0.0981. The number of allylic oxidation sites excluding steroid dienone is 1. The molecule has 33 heavy (non-hydrogen) atoms. The number of carbonyl (C=O) groups excluding carboxylic acids is 1. The fourth-order valence-corrected chi connectivity index (χ4v) is 5.66. The standard InChI is InChI=1S/C24H28ClN3O4S/c1-3-4-6-16(2)33(30,31)28-23(29)17-8-10-21-20(13-17)26-14-24(15-32-21)12-5-7-19-18(24)9-11-22(25)27-19/h3,8-11,13,16,26H,1,4-7,12,14-15H2,2H3,(H,28,29)/t16-,24?/m1/s1. The Kier molecular flexibility index (Phi) is 6.68. The highest BCUT2D eigenvalue weighted by atomic mass is 35.5. The average molecular weight is 490 g/mol. The van der Waals surface area contributed by atoms with Crippen LogP contribution in [0.4, 0.5) is 5.69 Å². The molecule has 0 bridgehead atoms. The molecule has 1 spiro atoms. The lowest BCUT2D eigenvalue weighted by Crippen LogP contribution is -2.42. The fourth-order valence-electron chi connectivity index (χ4n) is 4.47. The smallest absolute Gasteiger partial charge is 0.264 e. The first-order valence-electron chi connectivity index (χ1n) is 11.1. The average Bonchev–Trinajstić information content (AvgIpc) is 2.97. The van der Waals surface area contributed by atoms with E-state index in [9.17, 15) is 13.2 Å². The highest BCUT2D eigenvalue weighted by molar-refractivity contribution is 7.90. The van der Waals surface area contributed by atoms with Gasteiger partial charge in [-0.3, -0.25) is 4.79 Å². The van der Waals surface area contributed by atoms with Gasteiger partial charge in [-0.1, -0.05) is 23.7 Å². The number of amides is 1. The van der Waals surface area contributed by atoms with Gasteiger partial charge in [0.05, 0.1) is 17.5 Å². The predicted molar refractivity (Wildman–Crippen MR) is 130 cm³/mol. The zero-order valence-electron chi connectivity index (χ0n) is 18.6. The van der Waals surface area contributed by atoms with Crippen LogP contribution < -0.4 is 14.8 Å². The quantitative estimate of drug-likeness (QED) is 0.465. The molecular weight excluding hydrogens is 462 g/mol. The number of carbonyl (C=O) groups is 1. The number of ether oxygens (including phenoxy) is 1. The van der Waals surface area contributed by atoms with Crippen LogP contribution in [-0.2, 0) is 21.9 Å². The van der Waals surface area contributed by atoms with Gasteiger partial charge in [0, 0.05) is 23.2 Å². The number of nitrogens with one attached hydrogen (secondary N) is 2. The summed E-state index contributed by atoms with van der Waals surface area (Å²) < 4.78 is 33.3. The van der Waals surface area contributed by atoms with E-state index in [1.54, 1.807) is 31.2 Å². The molecule has 2 N–H and O–H groups in total. The van der Waals surface area contributed by atoms with Gasteiger partial charge in [-0.25, -0.2) is 18.1 Å². The number of sulfonamides is 1. The van der Waals surface area contributed by atoms with Gasteiger partial charge in [-0.05, 0) is 68.9 Å². The van der Waals surface area contributed by atoms with Crippen molar-refractivity contribution in [2.24, 2.45) is 0 Å². The van der Waals surface area contributed by atoms with Gasteiger partial charge < -0.3 is 10.1 Å². The number of nitrogens with zero attached hydrogens (tertiary/aromatic N) is 1. The molecule has 4 rings (SSSR count). The van der Waals surface area contributed by atoms with E-state index in [2.05, 4.69) is 21.6 Å². The van der Waals surface area contributed by atoms with Crippen molar-refractivity contribution in [2.75, 3.05) is 18.5 Å². The number of anilines is 1. The summed E-state index contributed by atoms with van der Waals surface area (Å²) in [4.78, 5) is 17.2. The van der Waals surface area contributed by atoms with E-state index < -0.39 is 21.2 Å². The Morgan fingerprint density at radius 3 is 3.00 bits per heavy atom. The topological polar surface area (TPSA) is 97.4 Å². The van der Waals surface area contributed by atoms with Gasteiger partial charge in [-0.2, -0.15) is 0 Å². The van der Waals surface area contributed by atoms with Crippen LogP contribution in [0.5, 0.6) is 5.75 Å². The number of halogens is 1. The molecule has 1 aliphatic carbocycles. The molecule has 0 saturated heterocycles. The van der Waals surface area contributed by atoms with E-state index in [1.807, 2.05) is 12.1 Å². The van der Waals surface area contributed by atoms with Gasteiger partial charge >= 0.3 is 0 Å². The molecule has 1 unspecified atom stereocenters. The minimum Gasteiger partial charge on any atom is -0.490 e. The van der Waals surface area contributed by atoms with Gasteiger partial charge in [0.2, 0.25) is 10.0 Å². The summed E-state index contributed by atoms with van der Waals surface area (Å²) in [7, 11) is -3.78. The van der Waals surface area contributed by atoms with Crippen LogP contribution in [0, 0.1) is 0 Å². The van der Waals surface area contributed by atoms with E-state index in [0.29, 0.717) is 42.6 Å². The summed E-state index contributed by atoms with van der Waals surface area (Å²) in [5, 5.41) is 3.21. The molecule has 1 aromatic carbocycles. The van der Waals surface area contributed by atoms with Crippen molar-refractivity contribution in [1.82, 2.24) is 9.71 Å². The maximum atomic E-state index is 12.7. The van der Waals surface area contributed by atoms with Gasteiger partial charge in [0.15, 0.2) is 0 Å². The second-order valence-electron chi connectivity index (χ2n) is 8.77. The Morgan fingerprint density at radius 1 is 1.39 bits per heavy atom. The van der Waals surface area contributed by atoms with Crippen LogP contribution in [-0.4, -0.2) is 37.7 Å². The second kappa shape index (κ2) is 9.35. The molecule has 0 radical (unpaired) electrons. The van der Waals surface area contributed by atoms with Crippen molar-refractivity contribution in [2.45, 2.75) is 49.7 Å². The lowest BCUT2D eigenvalue weighted by Gasteiger charge is -2.37. The number of aromatic nitrogens is 1. The highest BCUT2D eigenvalue weighted by Crippen LogP contribution is 2.41. The van der Waals surface area contributed by atoms with E-state index in [1.165, 1.54) is 0 Å². The number of aryl methyl sites for hydroxylation is 1. The number of benzene rings is 1. The van der Waals surface area contributed by atoms with Crippen molar-refractivity contribution in [1.29, 1.82) is 0 Å². The number of fused-ring (bicyclic) bond motifs is 3. The minimum absolute atomic E-state index is 0.248. The van der Waals surface area contributed by atoms with Crippen LogP contribution in [0.3, 0.4) is 0 Å². The molecule has 7 nitrogen and oxygen atoms in total. The highest BCUT2D eigenvalue weighted by Gasteiger charge is 2.40. The van der Waals surface area contributed by atoms with E-state index in [0.717, 1.165) is 30.5 Å². The Labute approximate surface area is 199 Å². The Morgan fingerprint density at radius 2 is 2.21 bits per heavy atom. The Balaban J connectivity index is 1.53. The van der Waals surface area contributed by atoms with Crippen molar-refractivity contribution >= 4 is 33.2 Å². The van der Waals surface area contributed by atoms with E-state index in [4.69, 9.17) is 16.3 Å². The third-order valence-corrected chi connectivity index (χ3v) is 8.46. The molecule has 0 fully saturated rings. The molecule has 2 aliphatic rings. The third-order valence-electron chi connectivity index (χ3n) is 6.49. The number of hydrogen-bond acceptors (Lipinski definition) is 6. The maximum absolute atomic E-state index is 12.7. The molecule has 0 saturated carbocycles. The third kappa shape index (κ3) is 4.87. The molecule has 2 aromatic rings. The summed E-state index contributed by atoms with van der Waals surface area (Å²) in [6, 6.07) is 8.76. The monoisotopic (exact) mass is 489 g/mol. The van der Waals surface area contributed by atoms with Crippen LogP contribution in [0.1, 0.15) is 54.2 Å². The van der Waals surface area contributed by atoms with E-state index >= 15 is 0 Å². The SMILES string of the molecule is C=CCC[C@@H](C)S(=O)(=O)NC(=O)c1ccc2c(c1)NCC1(CCCc3nc(Cl)ccc31)CO2. The molecule has 2 heterocycles. The van der Waals surface area contributed by atoms with Crippen molar-refractivity contribution in [3.63, 3.8) is 0 Å². The summed E-state index contributed by atoms with van der Waals surface area (Å²) in [6.07, 6.45) is 5.43. The van der Waals surface area contributed by atoms with Crippen molar-refractivity contribution < 1.29 is 17.9 Å². The molecule has 1 amide bonds. The molecule has 9 heteroatoms. The predicted octanol–water partition coefficient (Wildman–Crippen LogP) is 4.23. The minimum atomic E-state index is -3.78. The molecule has 1 aromatic heterocycles. The fraction of sp³-hybridized carbons (Fsp3) is 0.417. The zero-order valence-corrected chi connectivity index (χ0v) is 20.1. The van der Waals surface area contributed by atoms with Gasteiger partial charge in [0.25, 0.3) is 5.91 Å². The van der Waals surface area contributed by atoms with Crippen LogP contribution in [0.25, 0.3) is 0 Å². The molecule has 176 valence electrons. The van der Waals surface area contributed by atoms with Crippen LogP contribution in [0.15, 0.2) is 43.0 Å². The van der Waals surface area contributed by atoms with Crippen molar-refractivity contribution in [3.05, 3.63) is 65.0 Å². The van der Waals surface area contributed by atoms with Crippen molar-refractivity contribution in [3.8, 4) is 5.75 Å². The summed E-state index contributed by atoms with van der Waals surface area (Å²) >= 11 is 6.10.